The van der Waals surface area contributed by atoms with Crippen molar-refractivity contribution in [3.63, 3.8) is 0 Å². The monoisotopic (exact) mass is 304 g/mol. The Labute approximate surface area is 110 Å². The van der Waals surface area contributed by atoms with E-state index >= 15 is 0 Å². The molecule has 1 aromatic rings. The highest BCUT2D eigenvalue weighted by Crippen LogP contribution is 2.10. The van der Waals surface area contributed by atoms with Gasteiger partial charge in [-0.15, -0.1) is 12.4 Å². The summed E-state index contributed by atoms with van der Waals surface area (Å²) >= 11 is 3.34. The van der Waals surface area contributed by atoms with Gasteiger partial charge in [-0.25, -0.2) is 0 Å². The first-order chi connectivity index (χ1) is 7.25. The first-order valence-corrected chi connectivity index (χ1v) is 5.79. The number of carbonyl (C=O) groups excluding carboxylic acids is 1. The van der Waals surface area contributed by atoms with E-state index in [4.69, 9.17) is 0 Å². The molecule has 0 spiro atoms. The summed E-state index contributed by atoms with van der Waals surface area (Å²) in [6.45, 7) is 2.79. The molecule has 1 fully saturated rings. The van der Waals surface area contributed by atoms with Crippen LogP contribution in [0.2, 0.25) is 0 Å². The Balaban J connectivity index is 0.00000128. The lowest BCUT2D eigenvalue weighted by Crippen LogP contribution is -2.48. The molecule has 5 heteroatoms. The van der Waals surface area contributed by atoms with Crippen molar-refractivity contribution in [2.24, 2.45) is 5.92 Å². The Morgan fingerprint density at radius 1 is 1.38 bits per heavy atom. The van der Waals surface area contributed by atoms with Crippen molar-refractivity contribution in [2.45, 2.75) is 0 Å². The van der Waals surface area contributed by atoms with Gasteiger partial charge in [-0.3, -0.25) is 4.79 Å². The maximum absolute atomic E-state index is 11.7. The molecular formula is C11H14BrClN2O. The molecule has 2 N–H and O–H groups in total. The Kier molecular flexibility index (Phi) is 5.25. The summed E-state index contributed by atoms with van der Waals surface area (Å²) in [6.07, 6.45) is 0. The second kappa shape index (κ2) is 6.23. The van der Waals surface area contributed by atoms with E-state index in [1.165, 1.54) is 0 Å². The van der Waals surface area contributed by atoms with E-state index in [1.54, 1.807) is 0 Å². The summed E-state index contributed by atoms with van der Waals surface area (Å²) in [5.74, 6) is 0.610. The van der Waals surface area contributed by atoms with Crippen LogP contribution in [0.3, 0.4) is 0 Å². The molecule has 1 aliphatic heterocycles. The van der Waals surface area contributed by atoms with Crippen LogP contribution in [0.4, 0.5) is 0 Å². The van der Waals surface area contributed by atoms with E-state index < -0.39 is 0 Å². The Morgan fingerprint density at radius 3 is 2.50 bits per heavy atom. The fourth-order valence-corrected chi connectivity index (χ4v) is 1.70. The minimum Gasteiger partial charge on any atom is -0.352 e. The van der Waals surface area contributed by atoms with Gasteiger partial charge in [0.05, 0.1) is 0 Å². The van der Waals surface area contributed by atoms with Crippen LogP contribution in [0.1, 0.15) is 10.4 Å². The predicted molar refractivity (Wildman–Crippen MR) is 70.1 cm³/mol. The molecule has 0 aromatic heterocycles. The van der Waals surface area contributed by atoms with Gasteiger partial charge in [-0.1, -0.05) is 15.9 Å². The summed E-state index contributed by atoms with van der Waals surface area (Å²) in [4.78, 5) is 11.7. The molecule has 88 valence electrons. The second-order valence-corrected chi connectivity index (χ2v) is 4.66. The average Bonchev–Trinajstić information content (AvgIpc) is 2.16. The van der Waals surface area contributed by atoms with Crippen LogP contribution >= 0.6 is 28.3 Å². The van der Waals surface area contributed by atoms with Crippen LogP contribution in [-0.2, 0) is 0 Å². The third kappa shape index (κ3) is 3.47. The maximum Gasteiger partial charge on any atom is 0.251 e. The molecule has 0 unspecified atom stereocenters. The number of hydrogen-bond donors (Lipinski definition) is 2. The van der Waals surface area contributed by atoms with Crippen LogP contribution in [0.15, 0.2) is 28.7 Å². The van der Waals surface area contributed by atoms with Gasteiger partial charge >= 0.3 is 0 Å². The van der Waals surface area contributed by atoms with Crippen LogP contribution in [0.5, 0.6) is 0 Å². The number of hydrogen-bond acceptors (Lipinski definition) is 2. The first kappa shape index (κ1) is 13.5. The van der Waals surface area contributed by atoms with Crippen molar-refractivity contribution < 1.29 is 4.79 Å². The highest BCUT2D eigenvalue weighted by atomic mass is 79.9. The minimum atomic E-state index is 0. The van der Waals surface area contributed by atoms with Gasteiger partial charge in [0.1, 0.15) is 0 Å². The number of rotatable bonds is 3. The Hall–Kier alpha value is -0.580. The fourth-order valence-electron chi connectivity index (χ4n) is 1.43. The normalized spacial score (nSPS) is 14.8. The highest BCUT2D eigenvalue weighted by Gasteiger charge is 2.17. The van der Waals surface area contributed by atoms with E-state index in [0.717, 1.165) is 24.1 Å². The van der Waals surface area contributed by atoms with Crippen molar-refractivity contribution in [1.29, 1.82) is 0 Å². The van der Waals surface area contributed by atoms with Crippen molar-refractivity contribution in [3.05, 3.63) is 34.3 Å². The topological polar surface area (TPSA) is 41.1 Å². The number of carbonyl (C=O) groups is 1. The standard InChI is InChI=1S/C11H13BrN2O.ClH/c12-10-3-1-9(2-4-10)11(15)14-7-8-5-13-6-8;/h1-4,8,13H,5-7H2,(H,14,15);1H. The van der Waals surface area contributed by atoms with Gasteiger partial charge in [-0.2, -0.15) is 0 Å². The molecule has 0 saturated carbocycles. The Morgan fingerprint density at radius 2 is 2.00 bits per heavy atom. The zero-order chi connectivity index (χ0) is 10.7. The molecule has 1 aliphatic rings. The molecule has 0 atom stereocenters. The molecule has 1 aromatic carbocycles. The number of nitrogens with one attached hydrogen (secondary N) is 2. The van der Waals surface area contributed by atoms with Gasteiger partial charge in [-0.05, 0) is 24.3 Å². The maximum atomic E-state index is 11.7. The van der Waals surface area contributed by atoms with Crippen LogP contribution in [-0.4, -0.2) is 25.5 Å². The lowest BCUT2D eigenvalue weighted by atomic mass is 10.0. The lowest BCUT2D eigenvalue weighted by Gasteiger charge is -2.27. The summed E-state index contributed by atoms with van der Waals surface area (Å²) in [6, 6.07) is 7.39. The van der Waals surface area contributed by atoms with E-state index in [2.05, 4.69) is 26.6 Å². The highest BCUT2D eigenvalue weighted by molar-refractivity contribution is 9.10. The largest absolute Gasteiger partial charge is 0.352 e. The summed E-state index contributed by atoms with van der Waals surface area (Å²) < 4.78 is 0.988. The quantitative estimate of drug-likeness (QED) is 0.894. The fraction of sp³-hybridized carbons (Fsp3) is 0.364. The van der Waals surface area contributed by atoms with Gasteiger partial charge < -0.3 is 10.6 Å². The molecule has 0 bridgehead atoms. The molecule has 1 saturated heterocycles. The molecule has 0 radical (unpaired) electrons. The summed E-state index contributed by atoms with van der Waals surface area (Å²) in [5.41, 5.74) is 0.713. The smallest absolute Gasteiger partial charge is 0.251 e. The summed E-state index contributed by atoms with van der Waals surface area (Å²) in [5, 5.41) is 6.10. The zero-order valence-electron chi connectivity index (χ0n) is 8.70. The minimum absolute atomic E-state index is 0. The first-order valence-electron chi connectivity index (χ1n) is 5.00. The van der Waals surface area contributed by atoms with Crippen LogP contribution in [0, 0.1) is 5.92 Å². The lowest BCUT2D eigenvalue weighted by molar-refractivity contribution is 0.0942. The van der Waals surface area contributed by atoms with E-state index in [0.29, 0.717) is 11.5 Å². The van der Waals surface area contributed by atoms with Crippen molar-refractivity contribution in [3.8, 4) is 0 Å². The number of halogens is 2. The molecular weight excluding hydrogens is 291 g/mol. The van der Waals surface area contributed by atoms with Gasteiger partial charge in [0.15, 0.2) is 0 Å². The van der Waals surface area contributed by atoms with Crippen LogP contribution in [0.25, 0.3) is 0 Å². The van der Waals surface area contributed by atoms with E-state index in [-0.39, 0.29) is 18.3 Å². The molecule has 16 heavy (non-hydrogen) atoms. The molecule has 1 amide bonds. The van der Waals surface area contributed by atoms with E-state index in [9.17, 15) is 4.79 Å². The SMILES string of the molecule is Cl.O=C(NCC1CNC1)c1ccc(Br)cc1. The number of benzene rings is 1. The molecule has 2 rings (SSSR count). The average molecular weight is 306 g/mol. The number of amides is 1. The van der Waals surface area contributed by atoms with Crippen molar-refractivity contribution in [2.75, 3.05) is 19.6 Å². The predicted octanol–water partition coefficient (Wildman–Crippen LogP) is 1.82. The molecule has 1 heterocycles. The van der Waals surface area contributed by atoms with Gasteiger partial charge in [0.2, 0.25) is 0 Å². The Bertz CT molecular complexity index is 352. The van der Waals surface area contributed by atoms with Gasteiger partial charge in [0, 0.05) is 35.6 Å². The second-order valence-electron chi connectivity index (χ2n) is 3.74. The van der Waals surface area contributed by atoms with Crippen molar-refractivity contribution in [1.82, 2.24) is 10.6 Å². The molecule has 0 aliphatic carbocycles. The van der Waals surface area contributed by atoms with Crippen LogP contribution < -0.4 is 10.6 Å². The third-order valence-corrected chi connectivity index (χ3v) is 3.05. The zero-order valence-corrected chi connectivity index (χ0v) is 11.1. The molecule has 3 nitrogen and oxygen atoms in total. The van der Waals surface area contributed by atoms with Gasteiger partial charge in [0.25, 0.3) is 5.91 Å². The third-order valence-electron chi connectivity index (χ3n) is 2.52. The van der Waals surface area contributed by atoms with Crippen molar-refractivity contribution >= 4 is 34.2 Å². The van der Waals surface area contributed by atoms with E-state index in [1.807, 2.05) is 24.3 Å². The summed E-state index contributed by atoms with van der Waals surface area (Å²) in [7, 11) is 0.